The van der Waals surface area contributed by atoms with Gasteiger partial charge in [0.1, 0.15) is 0 Å². The molecule has 0 bridgehead atoms. The van der Waals surface area contributed by atoms with Crippen molar-refractivity contribution < 1.29 is 0 Å². The molecular formula is C12H18N8. The predicted octanol–water partition coefficient (Wildman–Crippen LogP) is 0.791. The topological polar surface area (TPSA) is 105 Å². The first-order valence-electron chi connectivity index (χ1n) is 6.17. The van der Waals surface area contributed by atoms with Crippen LogP contribution in [0.5, 0.6) is 0 Å². The molecule has 0 aliphatic rings. The Kier molecular flexibility index (Phi) is 4.26. The van der Waals surface area contributed by atoms with E-state index in [1.165, 1.54) is 0 Å². The Morgan fingerprint density at radius 3 is 2.50 bits per heavy atom. The van der Waals surface area contributed by atoms with E-state index in [0.29, 0.717) is 17.8 Å². The average molecular weight is 274 g/mol. The van der Waals surface area contributed by atoms with Crippen LogP contribution in [-0.4, -0.2) is 34.0 Å². The van der Waals surface area contributed by atoms with E-state index in [-0.39, 0.29) is 6.04 Å². The predicted molar refractivity (Wildman–Crippen MR) is 78.2 cm³/mol. The maximum Gasteiger partial charge on any atom is 0.243 e. The SMILES string of the molecule is CC(Nc1nc(NN)nc(N(C)C)n1)c1ccccn1. The first kappa shape index (κ1) is 13.9. The number of nitrogens with two attached hydrogens (primary N) is 1. The molecule has 1 atom stereocenters. The number of nitrogens with one attached hydrogen (secondary N) is 2. The third-order valence-corrected chi connectivity index (χ3v) is 2.63. The molecule has 2 heterocycles. The lowest BCUT2D eigenvalue weighted by atomic mass is 10.2. The van der Waals surface area contributed by atoms with Crippen LogP contribution >= 0.6 is 0 Å². The average Bonchev–Trinajstić information content (AvgIpc) is 2.47. The summed E-state index contributed by atoms with van der Waals surface area (Å²) < 4.78 is 0. The Labute approximate surface area is 117 Å². The molecule has 8 nitrogen and oxygen atoms in total. The fourth-order valence-corrected chi connectivity index (χ4v) is 1.59. The van der Waals surface area contributed by atoms with E-state index < -0.39 is 0 Å². The van der Waals surface area contributed by atoms with E-state index in [0.717, 1.165) is 5.69 Å². The first-order chi connectivity index (χ1) is 9.60. The van der Waals surface area contributed by atoms with Gasteiger partial charge in [0, 0.05) is 20.3 Å². The number of hydrazine groups is 1. The summed E-state index contributed by atoms with van der Waals surface area (Å²) in [7, 11) is 3.70. The minimum Gasteiger partial charge on any atom is -0.347 e. The number of hydrogen-bond acceptors (Lipinski definition) is 8. The third-order valence-electron chi connectivity index (χ3n) is 2.63. The molecule has 0 aromatic carbocycles. The van der Waals surface area contributed by atoms with Gasteiger partial charge in [-0.2, -0.15) is 15.0 Å². The van der Waals surface area contributed by atoms with E-state index in [2.05, 4.69) is 30.7 Å². The van der Waals surface area contributed by atoms with Crippen molar-refractivity contribution in [1.29, 1.82) is 0 Å². The van der Waals surface area contributed by atoms with Crippen molar-refractivity contribution in [3.05, 3.63) is 30.1 Å². The summed E-state index contributed by atoms with van der Waals surface area (Å²) in [6.07, 6.45) is 1.75. The summed E-state index contributed by atoms with van der Waals surface area (Å²) in [4.78, 5) is 18.7. The van der Waals surface area contributed by atoms with Gasteiger partial charge in [-0.05, 0) is 19.1 Å². The zero-order chi connectivity index (χ0) is 14.5. The van der Waals surface area contributed by atoms with Crippen LogP contribution in [0.1, 0.15) is 18.7 Å². The molecule has 8 heteroatoms. The molecule has 2 aromatic rings. The van der Waals surface area contributed by atoms with Gasteiger partial charge in [-0.15, -0.1) is 0 Å². The second-order valence-corrected chi connectivity index (χ2v) is 4.44. The standard InChI is InChI=1S/C12H18N8/c1-8(9-6-4-5-7-14-9)15-10-16-11(19-13)18-12(17-10)20(2)3/h4-8H,13H2,1-3H3,(H2,15,16,17,18,19). The van der Waals surface area contributed by atoms with Crippen LogP contribution in [0, 0.1) is 0 Å². The van der Waals surface area contributed by atoms with Gasteiger partial charge in [-0.3, -0.25) is 10.4 Å². The van der Waals surface area contributed by atoms with Gasteiger partial charge >= 0.3 is 0 Å². The lowest BCUT2D eigenvalue weighted by Crippen LogP contribution is -2.20. The number of hydrogen-bond donors (Lipinski definition) is 3. The molecule has 20 heavy (non-hydrogen) atoms. The fourth-order valence-electron chi connectivity index (χ4n) is 1.59. The molecule has 0 spiro atoms. The second-order valence-electron chi connectivity index (χ2n) is 4.44. The van der Waals surface area contributed by atoms with Gasteiger partial charge in [0.25, 0.3) is 0 Å². The van der Waals surface area contributed by atoms with Crippen molar-refractivity contribution >= 4 is 17.8 Å². The minimum absolute atomic E-state index is 0.0285. The number of nitrogens with zero attached hydrogens (tertiary/aromatic N) is 5. The van der Waals surface area contributed by atoms with E-state index in [1.54, 1.807) is 11.1 Å². The van der Waals surface area contributed by atoms with Crippen molar-refractivity contribution in [1.82, 2.24) is 19.9 Å². The number of nitrogen functional groups attached to an aromatic ring is 1. The van der Waals surface area contributed by atoms with Gasteiger partial charge in [0.05, 0.1) is 11.7 Å². The van der Waals surface area contributed by atoms with Crippen molar-refractivity contribution in [3.63, 3.8) is 0 Å². The van der Waals surface area contributed by atoms with Gasteiger partial charge in [0.15, 0.2) is 0 Å². The molecule has 1 unspecified atom stereocenters. The van der Waals surface area contributed by atoms with Crippen LogP contribution < -0.4 is 21.5 Å². The van der Waals surface area contributed by atoms with Crippen molar-refractivity contribution in [2.24, 2.45) is 5.84 Å². The van der Waals surface area contributed by atoms with Gasteiger partial charge in [-0.1, -0.05) is 6.07 Å². The second kappa shape index (κ2) is 6.11. The summed E-state index contributed by atoms with van der Waals surface area (Å²) in [5.74, 6) is 6.63. The zero-order valence-corrected chi connectivity index (χ0v) is 11.7. The first-order valence-corrected chi connectivity index (χ1v) is 6.17. The zero-order valence-electron chi connectivity index (χ0n) is 11.7. The van der Waals surface area contributed by atoms with Gasteiger partial charge < -0.3 is 10.2 Å². The highest BCUT2D eigenvalue weighted by atomic mass is 15.4. The molecule has 2 aromatic heterocycles. The molecule has 0 aliphatic heterocycles. The maximum absolute atomic E-state index is 5.37. The largest absolute Gasteiger partial charge is 0.347 e. The van der Waals surface area contributed by atoms with Crippen LogP contribution in [0.25, 0.3) is 0 Å². The molecular weight excluding hydrogens is 256 g/mol. The molecule has 2 rings (SSSR count). The quantitative estimate of drug-likeness (QED) is 0.543. The van der Waals surface area contributed by atoms with Gasteiger partial charge in [-0.25, -0.2) is 5.84 Å². The number of pyridine rings is 1. The fraction of sp³-hybridized carbons (Fsp3) is 0.333. The highest BCUT2D eigenvalue weighted by Crippen LogP contribution is 2.17. The Morgan fingerprint density at radius 1 is 1.15 bits per heavy atom. The maximum atomic E-state index is 5.37. The molecule has 0 saturated heterocycles. The van der Waals surface area contributed by atoms with Crippen LogP contribution in [-0.2, 0) is 0 Å². The number of aromatic nitrogens is 4. The lowest BCUT2D eigenvalue weighted by Gasteiger charge is -2.16. The highest BCUT2D eigenvalue weighted by Gasteiger charge is 2.11. The third kappa shape index (κ3) is 3.29. The number of rotatable bonds is 5. The number of anilines is 3. The van der Waals surface area contributed by atoms with E-state index >= 15 is 0 Å². The molecule has 0 saturated carbocycles. The molecule has 0 aliphatic carbocycles. The summed E-state index contributed by atoms with van der Waals surface area (Å²) in [6.45, 7) is 1.98. The highest BCUT2D eigenvalue weighted by molar-refractivity contribution is 5.43. The molecule has 0 amide bonds. The van der Waals surface area contributed by atoms with E-state index in [9.17, 15) is 0 Å². The Balaban J connectivity index is 2.22. The van der Waals surface area contributed by atoms with Crippen molar-refractivity contribution in [2.45, 2.75) is 13.0 Å². The van der Waals surface area contributed by atoms with Crippen molar-refractivity contribution in [2.75, 3.05) is 29.7 Å². The minimum atomic E-state index is -0.0285. The Morgan fingerprint density at radius 2 is 1.90 bits per heavy atom. The van der Waals surface area contributed by atoms with Crippen LogP contribution in [0.4, 0.5) is 17.8 Å². The van der Waals surface area contributed by atoms with Crippen LogP contribution in [0.2, 0.25) is 0 Å². The van der Waals surface area contributed by atoms with E-state index in [1.807, 2.05) is 39.2 Å². The van der Waals surface area contributed by atoms with Gasteiger partial charge in [0.2, 0.25) is 17.8 Å². The van der Waals surface area contributed by atoms with Crippen LogP contribution in [0.3, 0.4) is 0 Å². The normalized spacial score (nSPS) is 11.8. The Bertz CT molecular complexity index is 557. The van der Waals surface area contributed by atoms with E-state index in [4.69, 9.17) is 5.84 Å². The summed E-state index contributed by atoms with van der Waals surface area (Å²) in [6, 6.07) is 5.72. The molecule has 0 radical (unpaired) electrons. The molecule has 0 fully saturated rings. The summed E-state index contributed by atoms with van der Waals surface area (Å²) in [5.41, 5.74) is 3.34. The van der Waals surface area contributed by atoms with Crippen LogP contribution in [0.15, 0.2) is 24.4 Å². The monoisotopic (exact) mass is 274 g/mol. The van der Waals surface area contributed by atoms with Crippen molar-refractivity contribution in [3.8, 4) is 0 Å². The molecule has 106 valence electrons. The summed E-state index contributed by atoms with van der Waals surface area (Å²) >= 11 is 0. The lowest BCUT2D eigenvalue weighted by molar-refractivity contribution is 0.814. The smallest absolute Gasteiger partial charge is 0.243 e. The summed E-state index contributed by atoms with van der Waals surface area (Å²) in [5, 5.41) is 3.18. The Hall–Kier alpha value is -2.48. The molecule has 4 N–H and O–H groups in total.